The van der Waals surface area contributed by atoms with Gasteiger partial charge in [0, 0.05) is 18.0 Å². The topological polar surface area (TPSA) is 87.8 Å². The average Bonchev–Trinajstić information content (AvgIpc) is 2.69. The van der Waals surface area contributed by atoms with E-state index in [0.29, 0.717) is 27.3 Å². The molecule has 0 fully saturated rings. The number of aliphatic hydroxyl groups excluding tert-OH is 1. The minimum absolute atomic E-state index is 0.207. The van der Waals surface area contributed by atoms with Gasteiger partial charge < -0.3 is 5.11 Å². The highest BCUT2D eigenvalue weighted by atomic mass is 16.3. The van der Waals surface area contributed by atoms with Gasteiger partial charge in [-0.3, -0.25) is 9.97 Å². The molecule has 0 saturated carbocycles. The number of benzene rings is 1. The molecule has 0 spiro atoms. The second-order valence-corrected chi connectivity index (χ2v) is 3.32. The van der Waals surface area contributed by atoms with Crippen molar-refractivity contribution >= 4 is 17.1 Å². The summed E-state index contributed by atoms with van der Waals surface area (Å²) in [6.45, 7) is -0.207. The number of nitrogens with zero attached hydrogens (tertiary/aromatic N) is 4. The van der Waals surface area contributed by atoms with Gasteiger partial charge in [0.2, 0.25) is 0 Å². The van der Waals surface area contributed by atoms with Crippen LogP contribution in [-0.4, -0.2) is 21.1 Å². The van der Waals surface area contributed by atoms with Gasteiger partial charge >= 0.3 is 6.03 Å². The Bertz CT molecular complexity index is 723. The maximum atomic E-state index is 11.1. The van der Waals surface area contributed by atoms with E-state index in [1.165, 1.54) is 6.20 Å². The molecule has 6 nitrogen and oxygen atoms in total. The van der Waals surface area contributed by atoms with E-state index in [9.17, 15) is 9.90 Å². The summed E-state index contributed by atoms with van der Waals surface area (Å²) in [5, 5.41) is 9.99. The highest BCUT2D eigenvalue weighted by Crippen LogP contribution is 2.05. The summed E-state index contributed by atoms with van der Waals surface area (Å²) in [5.41, 5.74) is 1.67. The lowest BCUT2D eigenvalue weighted by molar-refractivity contribution is 0.256. The Hall–Kier alpha value is -2.21. The predicted octanol–water partition coefficient (Wildman–Crippen LogP) is -0.505. The first-order valence-electron chi connectivity index (χ1n) is 4.64. The Labute approximate surface area is 89.0 Å². The molecule has 1 aliphatic rings. The minimum atomic E-state index is -0.567. The monoisotopic (exact) mass is 214 g/mol. The smallest absolute Gasteiger partial charge is 0.368 e. The fourth-order valence-electron chi connectivity index (χ4n) is 1.70. The number of urea groups is 1. The van der Waals surface area contributed by atoms with Crippen LogP contribution in [0.1, 0.15) is 5.56 Å². The molecule has 1 N–H and O–H groups in total. The highest BCUT2D eigenvalue weighted by Gasteiger charge is 2.13. The Kier molecular flexibility index (Phi) is 1.78. The zero-order chi connectivity index (χ0) is 11.1. The van der Waals surface area contributed by atoms with Gasteiger partial charge in [0.15, 0.2) is 0 Å². The molecule has 1 aliphatic heterocycles. The molecule has 0 saturated heterocycles. The lowest BCUT2D eigenvalue weighted by Gasteiger charge is -1.98. The SMILES string of the molecule is O=C1N=c2c(CO)cc3nccnc3c2=N1. The molecule has 16 heavy (non-hydrogen) atoms. The summed E-state index contributed by atoms with van der Waals surface area (Å²) >= 11 is 0. The number of amides is 2. The van der Waals surface area contributed by atoms with Crippen LogP contribution in [0.3, 0.4) is 0 Å². The number of hydrogen-bond acceptors (Lipinski definition) is 4. The number of aromatic nitrogens is 2. The molecular weight excluding hydrogens is 208 g/mol. The van der Waals surface area contributed by atoms with Crippen molar-refractivity contribution in [1.82, 2.24) is 9.97 Å². The van der Waals surface area contributed by atoms with E-state index >= 15 is 0 Å². The van der Waals surface area contributed by atoms with E-state index in [-0.39, 0.29) is 6.61 Å². The van der Waals surface area contributed by atoms with Gasteiger partial charge in [0.1, 0.15) is 16.2 Å². The van der Waals surface area contributed by atoms with Crippen LogP contribution in [0, 0.1) is 0 Å². The van der Waals surface area contributed by atoms with E-state index in [4.69, 9.17) is 0 Å². The van der Waals surface area contributed by atoms with Crippen molar-refractivity contribution < 1.29 is 9.90 Å². The molecule has 2 aromatic rings. The zero-order valence-corrected chi connectivity index (χ0v) is 8.08. The van der Waals surface area contributed by atoms with Crippen molar-refractivity contribution in [1.29, 1.82) is 0 Å². The Morgan fingerprint density at radius 1 is 1.12 bits per heavy atom. The van der Waals surface area contributed by atoms with Crippen LogP contribution in [0.15, 0.2) is 28.4 Å². The van der Waals surface area contributed by atoms with Crippen LogP contribution in [0.25, 0.3) is 11.0 Å². The number of carbonyl (C=O) groups is 1. The van der Waals surface area contributed by atoms with Crippen LogP contribution in [0.2, 0.25) is 0 Å². The molecule has 0 unspecified atom stereocenters. The molecule has 3 rings (SSSR count). The predicted molar refractivity (Wildman–Crippen MR) is 53.2 cm³/mol. The second kappa shape index (κ2) is 3.14. The zero-order valence-electron chi connectivity index (χ0n) is 8.08. The van der Waals surface area contributed by atoms with Crippen molar-refractivity contribution in [2.24, 2.45) is 9.98 Å². The molecule has 2 amide bonds. The van der Waals surface area contributed by atoms with Crippen LogP contribution < -0.4 is 10.7 Å². The second-order valence-electron chi connectivity index (χ2n) is 3.32. The lowest BCUT2D eigenvalue weighted by atomic mass is 10.1. The standard InChI is InChI=1S/C10H6N4O2/c15-4-5-3-6-8(12-2-1-11-6)9-7(5)13-10(16)14-9/h1-3,15H,4H2. The Balaban J connectivity index is 2.60. The number of fused-ring (bicyclic) bond motifs is 3. The molecule has 6 heteroatoms. The summed E-state index contributed by atoms with van der Waals surface area (Å²) in [6, 6.07) is 1.10. The van der Waals surface area contributed by atoms with E-state index in [2.05, 4.69) is 20.0 Å². The molecule has 2 heterocycles. The van der Waals surface area contributed by atoms with E-state index < -0.39 is 6.03 Å². The normalized spacial score (nSPS) is 13.4. The first-order valence-corrected chi connectivity index (χ1v) is 4.64. The van der Waals surface area contributed by atoms with Gasteiger partial charge in [-0.25, -0.2) is 4.79 Å². The van der Waals surface area contributed by atoms with Crippen molar-refractivity contribution in [3.8, 4) is 0 Å². The van der Waals surface area contributed by atoms with Crippen LogP contribution in [0.4, 0.5) is 4.79 Å². The third-order valence-electron chi connectivity index (χ3n) is 2.38. The lowest BCUT2D eigenvalue weighted by Crippen LogP contribution is -2.28. The summed E-state index contributed by atoms with van der Waals surface area (Å²) in [7, 11) is 0. The van der Waals surface area contributed by atoms with Crippen LogP contribution in [0.5, 0.6) is 0 Å². The van der Waals surface area contributed by atoms with Gasteiger partial charge in [-0.1, -0.05) is 0 Å². The third-order valence-corrected chi connectivity index (χ3v) is 2.38. The van der Waals surface area contributed by atoms with Crippen LogP contribution >= 0.6 is 0 Å². The largest absolute Gasteiger partial charge is 0.392 e. The quantitative estimate of drug-likeness (QED) is 0.692. The highest BCUT2D eigenvalue weighted by molar-refractivity contribution is 5.82. The molecule has 0 bridgehead atoms. The van der Waals surface area contributed by atoms with E-state index in [0.717, 1.165) is 0 Å². The summed E-state index contributed by atoms with van der Waals surface area (Å²) in [5.74, 6) is 0. The minimum Gasteiger partial charge on any atom is -0.392 e. The van der Waals surface area contributed by atoms with Gasteiger partial charge in [-0.05, 0) is 6.07 Å². The summed E-state index contributed by atoms with van der Waals surface area (Å²) < 4.78 is 0. The molecule has 0 radical (unpaired) electrons. The molecule has 1 aromatic carbocycles. The van der Waals surface area contributed by atoms with Crippen molar-refractivity contribution in [3.63, 3.8) is 0 Å². The average molecular weight is 214 g/mol. The number of aliphatic hydroxyl groups is 1. The Morgan fingerprint density at radius 3 is 2.69 bits per heavy atom. The Morgan fingerprint density at radius 2 is 1.88 bits per heavy atom. The van der Waals surface area contributed by atoms with Crippen molar-refractivity contribution in [3.05, 3.63) is 34.7 Å². The molecule has 0 aliphatic carbocycles. The van der Waals surface area contributed by atoms with E-state index in [1.807, 2.05) is 0 Å². The van der Waals surface area contributed by atoms with Gasteiger partial charge in [-0.15, -0.1) is 0 Å². The number of rotatable bonds is 1. The fraction of sp³-hybridized carbons (Fsp3) is 0.100. The van der Waals surface area contributed by atoms with Gasteiger partial charge in [0.25, 0.3) is 0 Å². The van der Waals surface area contributed by atoms with Gasteiger partial charge in [-0.2, -0.15) is 9.98 Å². The number of carbonyl (C=O) groups excluding carboxylic acids is 1. The first-order chi connectivity index (χ1) is 7.79. The molecule has 78 valence electrons. The maximum Gasteiger partial charge on any atom is 0.368 e. The fourth-order valence-corrected chi connectivity index (χ4v) is 1.70. The van der Waals surface area contributed by atoms with E-state index in [1.54, 1.807) is 12.3 Å². The molecule has 1 aromatic heterocycles. The number of hydrogen-bond donors (Lipinski definition) is 1. The molecular formula is C10H6N4O2. The third kappa shape index (κ3) is 1.13. The molecule has 0 atom stereocenters. The van der Waals surface area contributed by atoms with Crippen molar-refractivity contribution in [2.45, 2.75) is 6.61 Å². The summed E-state index contributed by atoms with van der Waals surface area (Å²) in [4.78, 5) is 26.9. The van der Waals surface area contributed by atoms with Crippen molar-refractivity contribution in [2.75, 3.05) is 0 Å². The first kappa shape index (κ1) is 9.05. The summed E-state index contributed by atoms with van der Waals surface area (Å²) in [6.07, 6.45) is 3.07. The van der Waals surface area contributed by atoms with Crippen LogP contribution in [-0.2, 0) is 6.61 Å². The van der Waals surface area contributed by atoms with Gasteiger partial charge in [0.05, 0.1) is 12.1 Å². The maximum absolute atomic E-state index is 11.1.